The largest absolute Gasteiger partial charge is 0.393 e. The van der Waals surface area contributed by atoms with E-state index in [1.807, 2.05) is 0 Å². The molecule has 2 aliphatic rings. The zero-order chi connectivity index (χ0) is 12.5. The van der Waals surface area contributed by atoms with Crippen LogP contribution in [0, 0.1) is 0 Å². The molecule has 1 aromatic carbocycles. The van der Waals surface area contributed by atoms with Crippen LogP contribution in [0.15, 0.2) is 24.3 Å². The quantitative estimate of drug-likeness (QED) is 0.748. The molecule has 0 bridgehead atoms. The van der Waals surface area contributed by atoms with Crippen LogP contribution >= 0.6 is 0 Å². The van der Waals surface area contributed by atoms with Crippen molar-refractivity contribution in [2.24, 2.45) is 5.73 Å². The molecule has 1 aromatic rings. The van der Waals surface area contributed by atoms with E-state index < -0.39 is 0 Å². The van der Waals surface area contributed by atoms with Gasteiger partial charge in [-0.2, -0.15) is 0 Å². The fourth-order valence-electron chi connectivity index (χ4n) is 3.36. The Balaban J connectivity index is 1.68. The van der Waals surface area contributed by atoms with Gasteiger partial charge in [-0.3, -0.25) is 0 Å². The second-order valence-electron chi connectivity index (χ2n) is 5.70. The van der Waals surface area contributed by atoms with Crippen LogP contribution in [0.5, 0.6) is 0 Å². The Hall–Kier alpha value is -0.900. The summed E-state index contributed by atoms with van der Waals surface area (Å²) in [6.07, 6.45) is 4.93. The van der Waals surface area contributed by atoms with Gasteiger partial charge < -0.3 is 16.2 Å². The number of aliphatic hydroxyl groups is 1. The van der Waals surface area contributed by atoms with Crippen LogP contribution in [-0.2, 0) is 0 Å². The SMILES string of the molecule is NC1CC(NC2CCC(O)CC2)c2ccccc21. The number of hydrogen-bond donors (Lipinski definition) is 3. The molecule has 0 radical (unpaired) electrons. The van der Waals surface area contributed by atoms with E-state index >= 15 is 0 Å². The summed E-state index contributed by atoms with van der Waals surface area (Å²) in [6, 6.07) is 9.61. The molecule has 0 heterocycles. The highest BCUT2D eigenvalue weighted by Gasteiger charge is 2.30. The zero-order valence-corrected chi connectivity index (χ0v) is 10.7. The fraction of sp³-hybridized carbons (Fsp3) is 0.600. The normalized spacial score (nSPS) is 35.4. The molecule has 0 spiro atoms. The first kappa shape index (κ1) is 12.2. The van der Waals surface area contributed by atoms with E-state index in [1.165, 1.54) is 11.1 Å². The molecule has 0 aromatic heterocycles. The topological polar surface area (TPSA) is 58.3 Å². The van der Waals surface area contributed by atoms with Crippen LogP contribution in [-0.4, -0.2) is 17.3 Å². The highest BCUT2D eigenvalue weighted by molar-refractivity contribution is 5.37. The monoisotopic (exact) mass is 246 g/mol. The van der Waals surface area contributed by atoms with Crippen molar-refractivity contribution in [2.75, 3.05) is 0 Å². The molecule has 1 saturated carbocycles. The van der Waals surface area contributed by atoms with Crippen molar-refractivity contribution < 1.29 is 5.11 Å². The lowest BCUT2D eigenvalue weighted by Crippen LogP contribution is -2.36. The van der Waals surface area contributed by atoms with Crippen molar-refractivity contribution in [3.8, 4) is 0 Å². The van der Waals surface area contributed by atoms with E-state index in [4.69, 9.17) is 5.73 Å². The number of aliphatic hydroxyl groups excluding tert-OH is 1. The summed E-state index contributed by atoms with van der Waals surface area (Å²) in [4.78, 5) is 0. The zero-order valence-electron chi connectivity index (χ0n) is 10.7. The Labute approximate surface area is 108 Å². The van der Waals surface area contributed by atoms with Gasteiger partial charge in [-0.05, 0) is 43.2 Å². The molecule has 3 rings (SSSR count). The number of hydrogen-bond acceptors (Lipinski definition) is 3. The molecule has 0 saturated heterocycles. The summed E-state index contributed by atoms with van der Waals surface area (Å²) >= 11 is 0. The van der Waals surface area contributed by atoms with Crippen molar-refractivity contribution in [1.29, 1.82) is 0 Å². The van der Waals surface area contributed by atoms with E-state index in [0.29, 0.717) is 12.1 Å². The van der Waals surface area contributed by atoms with Crippen molar-refractivity contribution in [3.05, 3.63) is 35.4 Å². The van der Waals surface area contributed by atoms with Crippen LogP contribution in [0.25, 0.3) is 0 Å². The third-order valence-corrected chi connectivity index (χ3v) is 4.39. The molecule has 2 unspecified atom stereocenters. The van der Waals surface area contributed by atoms with Crippen LogP contribution < -0.4 is 11.1 Å². The van der Waals surface area contributed by atoms with Gasteiger partial charge in [0.05, 0.1) is 6.10 Å². The van der Waals surface area contributed by atoms with Gasteiger partial charge in [0, 0.05) is 18.1 Å². The van der Waals surface area contributed by atoms with E-state index in [1.54, 1.807) is 0 Å². The third kappa shape index (κ3) is 2.30. The van der Waals surface area contributed by atoms with Gasteiger partial charge in [0.1, 0.15) is 0 Å². The number of nitrogens with one attached hydrogen (secondary N) is 1. The van der Waals surface area contributed by atoms with Crippen molar-refractivity contribution >= 4 is 0 Å². The van der Waals surface area contributed by atoms with Gasteiger partial charge in [-0.25, -0.2) is 0 Å². The van der Waals surface area contributed by atoms with Crippen molar-refractivity contribution in [2.45, 2.75) is 56.3 Å². The third-order valence-electron chi connectivity index (χ3n) is 4.39. The minimum Gasteiger partial charge on any atom is -0.393 e. The molecular formula is C15H22N2O. The highest BCUT2D eigenvalue weighted by atomic mass is 16.3. The molecule has 3 nitrogen and oxygen atoms in total. The predicted octanol–water partition coefficient (Wildman–Crippen LogP) is 2.02. The summed E-state index contributed by atoms with van der Waals surface area (Å²) in [5.41, 5.74) is 8.85. The Morgan fingerprint density at radius 2 is 1.72 bits per heavy atom. The van der Waals surface area contributed by atoms with E-state index in [2.05, 4.69) is 29.6 Å². The first-order valence-corrected chi connectivity index (χ1v) is 7.02. The first-order chi connectivity index (χ1) is 8.74. The summed E-state index contributed by atoms with van der Waals surface area (Å²) in [6.45, 7) is 0. The van der Waals surface area contributed by atoms with E-state index in [9.17, 15) is 5.11 Å². The molecular weight excluding hydrogens is 224 g/mol. The molecule has 0 amide bonds. The molecule has 3 heteroatoms. The minimum absolute atomic E-state index is 0.0822. The average Bonchev–Trinajstić information content (AvgIpc) is 2.70. The fourth-order valence-corrected chi connectivity index (χ4v) is 3.36. The van der Waals surface area contributed by atoms with Crippen LogP contribution in [0.4, 0.5) is 0 Å². The summed E-state index contributed by atoms with van der Waals surface area (Å²) in [7, 11) is 0. The van der Waals surface area contributed by atoms with Gasteiger partial charge >= 0.3 is 0 Å². The molecule has 18 heavy (non-hydrogen) atoms. The number of nitrogens with two attached hydrogens (primary N) is 1. The lowest BCUT2D eigenvalue weighted by Gasteiger charge is -2.29. The molecule has 4 N–H and O–H groups in total. The van der Waals surface area contributed by atoms with Gasteiger partial charge in [-0.15, -0.1) is 0 Å². The smallest absolute Gasteiger partial charge is 0.0541 e. The van der Waals surface area contributed by atoms with Crippen LogP contribution in [0.3, 0.4) is 0 Å². The highest BCUT2D eigenvalue weighted by Crippen LogP contribution is 2.38. The molecule has 0 aliphatic heterocycles. The molecule has 1 fully saturated rings. The number of benzene rings is 1. The molecule has 2 aliphatic carbocycles. The summed E-state index contributed by atoms with van der Waals surface area (Å²) in [5.74, 6) is 0. The second kappa shape index (κ2) is 5.00. The second-order valence-corrected chi connectivity index (χ2v) is 5.70. The Morgan fingerprint density at radius 3 is 2.44 bits per heavy atom. The molecule has 2 atom stereocenters. The molecule has 98 valence electrons. The van der Waals surface area contributed by atoms with Gasteiger partial charge in [0.2, 0.25) is 0 Å². The van der Waals surface area contributed by atoms with E-state index in [0.717, 1.165) is 32.1 Å². The maximum Gasteiger partial charge on any atom is 0.0541 e. The predicted molar refractivity (Wildman–Crippen MR) is 72.1 cm³/mol. The van der Waals surface area contributed by atoms with Crippen LogP contribution in [0.1, 0.15) is 55.3 Å². The number of rotatable bonds is 2. The lowest BCUT2D eigenvalue weighted by atomic mass is 9.92. The number of fused-ring (bicyclic) bond motifs is 1. The average molecular weight is 246 g/mol. The van der Waals surface area contributed by atoms with Crippen LogP contribution in [0.2, 0.25) is 0 Å². The summed E-state index contributed by atoms with van der Waals surface area (Å²) < 4.78 is 0. The minimum atomic E-state index is -0.0822. The maximum atomic E-state index is 9.54. The van der Waals surface area contributed by atoms with Gasteiger partial charge in [0.15, 0.2) is 0 Å². The van der Waals surface area contributed by atoms with Crippen molar-refractivity contribution in [1.82, 2.24) is 5.32 Å². The maximum absolute atomic E-state index is 9.54. The Morgan fingerprint density at radius 1 is 1.06 bits per heavy atom. The van der Waals surface area contributed by atoms with Gasteiger partial charge in [0.25, 0.3) is 0 Å². The Kier molecular flexibility index (Phi) is 3.37. The first-order valence-electron chi connectivity index (χ1n) is 7.02. The van der Waals surface area contributed by atoms with E-state index in [-0.39, 0.29) is 12.1 Å². The van der Waals surface area contributed by atoms with Crippen molar-refractivity contribution in [3.63, 3.8) is 0 Å². The summed E-state index contributed by atoms with van der Waals surface area (Å²) in [5, 5.41) is 13.3. The Bertz CT molecular complexity index is 413. The lowest BCUT2D eigenvalue weighted by molar-refractivity contribution is 0.114. The van der Waals surface area contributed by atoms with Gasteiger partial charge in [-0.1, -0.05) is 24.3 Å². The standard InChI is InChI=1S/C15H22N2O/c16-14-9-15(13-4-2-1-3-12(13)14)17-10-5-7-11(18)8-6-10/h1-4,10-11,14-15,17-18H,5-9,16H2.